The van der Waals surface area contributed by atoms with E-state index in [2.05, 4.69) is 15.2 Å². The van der Waals surface area contributed by atoms with Crippen LogP contribution in [0.4, 0.5) is 5.69 Å². The predicted molar refractivity (Wildman–Crippen MR) is 110 cm³/mol. The van der Waals surface area contributed by atoms with E-state index in [0.717, 1.165) is 41.2 Å². The minimum atomic E-state index is 0.106. The molecule has 1 aromatic carbocycles. The highest BCUT2D eigenvalue weighted by molar-refractivity contribution is 6.30. The van der Waals surface area contributed by atoms with Crippen LogP contribution in [0.25, 0.3) is 11.3 Å². The molecule has 0 spiro atoms. The minimum Gasteiger partial charge on any atom is -0.362 e. The Morgan fingerprint density at radius 3 is 2.86 bits per heavy atom. The monoisotopic (exact) mass is 395 g/mol. The molecular weight excluding hydrogens is 374 g/mol. The SMILES string of the molecule is CCN(CC(=O)N1CCc2[nH]nc(-c3ccncc3)c2C1)c1cccc(Cl)c1. The third kappa shape index (κ3) is 3.73. The Hall–Kier alpha value is -2.86. The second-order valence-electron chi connectivity index (χ2n) is 6.82. The lowest BCUT2D eigenvalue weighted by atomic mass is 10.0. The molecule has 1 aliphatic rings. The van der Waals surface area contributed by atoms with Crippen LogP contribution in [0.2, 0.25) is 5.02 Å². The van der Waals surface area contributed by atoms with Gasteiger partial charge in [-0.25, -0.2) is 0 Å². The molecule has 0 aliphatic carbocycles. The Labute approximate surface area is 169 Å². The number of anilines is 1. The summed E-state index contributed by atoms with van der Waals surface area (Å²) in [6.45, 7) is 4.36. The lowest BCUT2D eigenvalue weighted by molar-refractivity contribution is -0.130. The molecular formula is C21H22ClN5O. The molecule has 1 N–H and O–H groups in total. The first-order chi connectivity index (χ1) is 13.7. The van der Waals surface area contributed by atoms with Crippen molar-refractivity contribution in [1.82, 2.24) is 20.1 Å². The van der Waals surface area contributed by atoms with Crippen LogP contribution in [0, 0.1) is 0 Å². The van der Waals surface area contributed by atoms with Crippen LogP contribution in [0.3, 0.4) is 0 Å². The van der Waals surface area contributed by atoms with Crippen molar-refractivity contribution in [2.75, 3.05) is 24.5 Å². The van der Waals surface area contributed by atoms with E-state index < -0.39 is 0 Å². The number of nitrogens with one attached hydrogen (secondary N) is 1. The molecule has 7 heteroatoms. The van der Waals surface area contributed by atoms with Crippen LogP contribution >= 0.6 is 11.6 Å². The number of benzene rings is 1. The quantitative estimate of drug-likeness (QED) is 0.717. The second-order valence-corrected chi connectivity index (χ2v) is 7.26. The van der Waals surface area contributed by atoms with E-state index >= 15 is 0 Å². The zero-order valence-electron chi connectivity index (χ0n) is 15.7. The van der Waals surface area contributed by atoms with Crippen molar-refractivity contribution >= 4 is 23.2 Å². The number of carbonyl (C=O) groups excluding carboxylic acids is 1. The molecule has 144 valence electrons. The predicted octanol–water partition coefficient (Wildman–Crippen LogP) is 3.54. The molecule has 3 aromatic rings. The van der Waals surface area contributed by atoms with Gasteiger partial charge in [-0.1, -0.05) is 17.7 Å². The Bertz CT molecular complexity index is 972. The van der Waals surface area contributed by atoms with E-state index in [-0.39, 0.29) is 5.91 Å². The van der Waals surface area contributed by atoms with Gasteiger partial charge in [0.25, 0.3) is 0 Å². The fourth-order valence-electron chi connectivity index (χ4n) is 3.58. The fraction of sp³-hybridized carbons (Fsp3) is 0.286. The molecule has 2 aromatic heterocycles. The molecule has 28 heavy (non-hydrogen) atoms. The summed E-state index contributed by atoms with van der Waals surface area (Å²) in [7, 11) is 0. The van der Waals surface area contributed by atoms with Gasteiger partial charge in [0, 0.05) is 66.0 Å². The minimum absolute atomic E-state index is 0.106. The summed E-state index contributed by atoms with van der Waals surface area (Å²) < 4.78 is 0. The summed E-state index contributed by atoms with van der Waals surface area (Å²) in [4.78, 5) is 21.0. The maximum Gasteiger partial charge on any atom is 0.242 e. The highest BCUT2D eigenvalue weighted by Crippen LogP contribution is 2.28. The smallest absolute Gasteiger partial charge is 0.242 e. The van der Waals surface area contributed by atoms with Crippen molar-refractivity contribution in [2.24, 2.45) is 0 Å². The normalized spacial score (nSPS) is 13.3. The van der Waals surface area contributed by atoms with Crippen LogP contribution < -0.4 is 4.90 Å². The number of hydrogen-bond acceptors (Lipinski definition) is 4. The topological polar surface area (TPSA) is 65.1 Å². The van der Waals surface area contributed by atoms with Crippen molar-refractivity contribution in [1.29, 1.82) is 0 Å². The summed E-state index contributed by atoms with van der Waals surface area (Å²) in [5, 5.41) is 8.29. The summed E-state index contributed by atoms with van der Waals surface area (Å²) in [6, 6.07) is 11.5. The number of fused-ring (bicyclic) bond motifs is 1. The first-order valence-corrected chi connectivity index (χ1v) is 9.78. The molecule has 0 bridgehead atoms. The zero-order chi connectivity index (χ0) is 19.5. The van der Waals surface area contributed by atoms with Gasteiger partial charge in [0.15, 0.2) is 0 Å². The molecule has 1 amide bonds. The van der Waals surface area contributed by atoms with E-state index in [4.69, 9.17) is 11.6 Å². The highest BCUT2D eigenvalue weighted by Gasteiger charge is 2.26. The van der Waals surface area contributed by atoms with Crippen molar-refractivity contribution in [3.63, 3.8) is 0 Å². The van der Waals surface area contributed by atoms with Crippen molar-refractivity contribution in [2.45, 2.75) is 19.9 Å². The highest BCUT2D eigenvalue weighted by atomic mass is 35.5. The number of pyridine rings is 1. The third-order valence-electron chi connectivity index (χ3n) is 5.12. The summed E-state index contributed by atoms with van der Waals surface area (Å²) in [5.41, 5.74) is 5.07. The second kappa shape index (κ2) is 8.02. The Morgan fingerprint density at radius 2 is 2.11 bits per heavy atom. The molecule has 0 unspecified atom stereocenters. The van der Waals surface area contributed by atoms with Crippen molar-refractivity contribution in [3.05, 3.63) is 65.1 Å². The maximum absolute atomic E-state index is 13.0. The van der Waals surface area contributed by atoms with Crippen LogP contribution in [0.1, 0.15) is 18.2 Å². The molecule has 1 aliphatic heterocycles. The number of amides is 1. The van der Waals surface area contributed by atoms with E-state index in [1.807, 2.05) is 53.1 Å². The Balaban J connectivity index is 1.51. The number of aromatic amines is 1. The lowest BCUT2D eigenvalue weighted by Crippen LogP contribution is -2.42. The largest absolute Gasteiger partial charge is 0.362 e. The van der Waals surface area contributed by atoms with Gasteiger partial charge in [-0.3, -0.25) is 14.9 Å². The summed E-state index contributed by atoms with van der Waals surface area (Å²) >= 11 is 6.11. The molecule has 0 saturated carbocycles. The van der Waals surface area contributed by atoms with E-state index in [0.29, 0.717) is 24.7 Å². The fourth-order valence-corrected chi connectivity index (χ4v) is 3.76. The van der Waals surface area contributed by atoms with Gasteiger partial charge >= 0.3 is 0 Å². The van der Waals surface area contributed by atoms with Gasteiger partial charge in [-0.15, -0.1) is 0 Å². The molecule has 0 fully saturated rings. The average Bonchev–Trinajstić information content (AvgIpc) is 3.15. The number of halogens is 1. The molecule has 0 radical (unpaired) electrons. The van der Waals surface area contributed by atoms with Gasteiger partial charge in [0.2, 0.25) is 5.91 Å². The zero-order valence-corrected chi connectivity index (χ0v) is 16.5. The van der Waals surface area contributed by atoms with Gasteiger partial charge in [0.1, 0.15) is 0 Å². The Morgan fingerprint density at radius 1 is 1.29 bits per heavy atom. The van der Waals surface area contributed by atoms with Crippen LogP contribution in [0.15, 0.2) is 48.8 Å². The van der Waals surface area contributed by atoms with Gasteiger partial charge in [-0.05, 0) is 37.3 Å². The first kappa shape index (κ1) is 18.5. The summed E-state index contributed by atoms with van der Waals surface area (Å²) in [5.74, 6) is 0.106. The van der Waals surface area contributed by atoms with Crippen molar-refractivity contribution in [3.8, 4) is 11.3 Å². The van der Waals surface area contributed by atoms with Gasteiger partial charge < -0.3 is 9.80 Å². The van der Waals surface area contributed by atoms with E-state index in [1.54, 1.807) is 12.4 Å². The number of nitrogens with zero attached hydrogens (tertiary/aromatic N) is 4. The van der Waals surface area contributed by atoms with E-state index in [1.165, 1.54) is 0 Å². The van der Waals surface area contributed by atoms with Crippen LogP contribution in [-0.2, 0) is 17.8 Å². The van der Waals surface area contributed by atoms with Gasteiger partial charge in [0.05, 0.1) is 12.2 Å². The number of likely N-dealkylation sites (N-methyl/N-ethyl adjacent to an activating group) is 1. The van der Waals surface area contributed by atoms with E-state index in [9.17, 15) is 4.79 Å². The number of hydrogen-bond donors (Lipinski definition) is 1. The molecule has 0 atom stereocenters. The number of aromatic nitrogens is 3. The van der Waals surface area contributed by atoms with Gasteiger partial charge in [-0.2, -0.15) is 5.10 Å². The molecule has 6 nitrogen and oxygen atoms in total. The maximum atomic E-state index is 13.0. The molecule has 3 heterocycles. The third-order valence-corrected chi connectivity index (χ3v) is 5.36. The molecule has 4 rings (SSSR count). The van der Waals surface area contributed by atoms with Crippen LogP contribution in [-0.4, -0.2) is 45.6 Å². The molecule has 0 saturated heterocycles. The number of rotatable bonds is 5. The summed E-state index contributed by atoms with van der Waals surface area (Å²) in [6.07, 6.45) is 4.29. The number of H-pyrrole nitrogens is 1. The van der Waals surface area contributed by atoms with Crippen molar-refractivity contribution < 1.29 is 4.79 Å². The first-order valence-electron chi connectivity index (χ1n) is 9.40. The Kier molecular flexibility index (Phi) is 5.30. The average molecular weight is 396 g/mol. The lowest BCUT2D eigenvalue weighted by Gasteiger charge is -2.30. The number of carbonyl (C=O) groups is 1. The standard InChI is InChI=1S/C21H22ClN5O/c1-2-26(17-5-3-4-16(22)12-17)14-20(28)27-11-8-19-18(13-27)21(25-24-19)15-6-9-23-10-7-15/h3-7,9-10,12H,2,8,11,13-14H2,1H3,(H,24,25). The van der Waals surface area contributed by atoms with Crippen LogP contribution in [0.5, 0.6) is 0 Å².